The number of nitrogens with zero attached hydrogens (tertiary/aromatic N) is 2. The summed E-state index contributed by atoms with van der Waals surface area (Å²) < 4.78 is 22.1. The second-order valence-electron chi connectivity index (χ2n) is 10.4. The first kappa shape index (κ1) is 25.2. The van der Waals surface area contributed by atoms with Gasteiger partial charge in [0.05, 0.1) is 24.3 Å². The maximum atomic E-state index is 12.8. The SMILES string of the molecule is C[C@@H](C[C@H](OC(=O)N1C(C)(C)COC1(C)C)C(=O)O)OC(=O)N1C(C)(C)COC1(C)C. The number of carboxylic acid groups (broad SMARTS) is 1. The van der Waals surface area contributed by atoms with Crippen molar-refractivity contribution < 1.29 is 38.4 Å². The third-order valence-corrected chi connectivity index (χ3v) is 5.58. The molecule has 0 saturated carbocycles. The molecule has 2 heterocycles. The molecule has 0 aromatic carbocycles. The molecule has 10 heteroatoms. The van der Waals surface area contributed by atoms with Gasteiger partial charge in [0.25, 0.3) is 0 Å². The highest BCUT2D eigenvalue weighted by Crippen LogP contribution is 2.36. The minimum atomic E-state index is -1.49. The molecule has 0 unspecified atom stereocenters. The van der Waals surface area contributed by atoms with Gasteiger partial charge in [-0.3, -0.25) is 9.80 Å². The molecule has 2 amide bonds. The second-order valence-corrected chi connectivity index (χ2v) is 10.4. The highest BCUT2D eigenvalue weighted by molar-refractivity contribution is 5.78. The summed E-state index contributed by atoms with van der Waals surface area (Å²) in [6.07, 6.45) is -3.92. The Hall–Kier alpha value is -2.07. The average Bonchev–Trinajstić information content (AvgIpc) is 2.93. The quantitative estimate of drug-likeness (QED) is 0.687. The second kappa shape index (κ2) is 8.12. The van der Waals surface area contributed by atoms with Crippen LogP contribution in [0.4, 0.5) is 9.59 Å². The summed E-state index contributed by atoms with van der Waals surface area (Å²) in [5.41, 5.74) is -3.03. The molecule has 0 radical (unpaired) electrons. The third kappa shape index (κ3) is 5.23. The molecule has 1 N–H and O–H groups in total. The van der Waals surface area contributed by atoms with E-state index in [4.69, 9.17) is 18.9 Å². The van der Waals surface area contributed by atoms with E-state index in [9.17, 15) is 19.5 Å². The molecule has 178 valence electrons. The van der Waals surface area contributed by atoms with Crippen molar-refractivity contribution in [3.05, 3.63) is 0 Å². The number of carbonyl (C=O) groups excluding carboxylic acids is 2. The van der Waals surface area contributed by atoms with Gasteiger partial charge in [0.1, 0.15) is 17.6 Å². The third-order valence-electron chi connectivity index (χ3n) is 5.58. The van der Waals surface area contributed by atoms with Crippen molar-refractivity contribution in [2.75, 3.05) is 13.2 Å². The Balaban J connectivity index is 2.06. The zero-order valence-corrected chi connectivity index (χ0v) is 20.0. The molecule has 0 aliphatic carbocycles. The van der Waals surface area contributed by atoms with Crippen LogP contribution >= 0.6 is 0 Å². The monoisotopic (exact) mass is 444 g/mol. The molecule has 2 rings (SSSR count). The van der Waals surface area contributed by atoms with Crippen molar-refractivity contribution in [1.82, 2.24) is 9.80 Å². The predicted molar refractivity (Wildman–Crippen MR) is 110 cm³/mol. The largest absolute Gasteiger partial charge is 0.479 e. The first-order chi connectivity index (χ1) is 13.9. The molecule has 0 aromatic heterocycles. The van der Waals surface area contributed by atoms with Gasteiger partial charge in [-0.1, -0.05) is 0 Å². The number of amides is 2. The van der Waals surface area contributed by atoms with Crippen molar-refractivity contribution in [3.8, 4) is 0 Å². The predicted octanol–water partition coefficient (Wildman–Crippen LogP) is 3.19. The van der Waals surface area contributed by atoms with Crippen LogP contribution in [0.15, 0.2) is 0 Å². The minimum absolute atomic E-state index is 0.197. The standard InChI is InChI=1S/C21H36N2O8/c1-13(30-16(26)22-18(2,3)11-28-20(22,6)7)10-14(15(24)25)31-17(27)23-19(4,5)12-29-21(23,8)9/h13-14H,10-12H2,1-9H3,(H,24,25)/t13-,14-/m0/s1. The molecule has 0 bridgehead atoms. The number of carbonyl (C=O) groups is 3. The van der Waals surface area contributed by atoms with Crippen molar-refractivity contribution in [2.45, 2.75) is 103 Å². The Morgan fingerprint density at radius 1 is 0.839 bits per heavy atom. The molecule has 2 aliphatic heterocycles. The number of carboxylic acids is 1. The van der Waals surface area contributed by atoms with Crippen LogP contribution in [-0.2, 0) is 23.7 Å². The van der Waals surface area contributed by atoms with Gasteiger partial charge >= 0.3 is 18.2 Å². The molecule has 10 nitrogen and oxygen atoms in total. The maximum absolute atomic E-state index is 12.8. The highest BCUT2D eigenvalue weighted by Gasteiger charge is 2.51. The fourth-order valence-corrected chi connectivity index (χ4v) is 4.30. The maximum Gasteiger partial charge on any atom is 0.413 e. The summed E-state index contributed by atoms with van der Waals surface area (Å²) in [7, 11) is 0. The normalized spacial score (nSPS) is 25.1. The lowest BCUT2D eigenvalue weighted by molar-refractivity contribution is -0.150. The van der Waals surface area contributed by atoms with Crippen LogP contribution in [0.3, 0.4) is 0 Å². The number of ether oxygens (including phenoxy) is 4. The van der Waals surface area contributed by atoms with E-state index in [2.05, 4.69) is 0 Å². The summed E-state index contributed by atoms with van der Waals surface area (Å²) in [5, 5.41) is 9.59. The fourth-order valence-electron chi connectivity index (χ4n) is 4.30. The molecule has 2 saturated heterocycles. The zero-order chi connectivity index (χ0) is 24.0. The average molecular weight is 445 g/mol. The van der Waals surface area contributed by atoms with E-state index in [1.165, 1.54) is 9.80 Å². The van der Waals surface area contributed by atoms with Crippen LogP contribution in [0.25, 0.3) is 0 Å². The molecule has 2 atom stereocenters. The van der Waals surface area contributed by atoms with Crippen molar-refractivity contribution >= 4 is 18.2 Å². The summed E-state index contributed by atoms with van der Waals surface area (Å²) in [6, 6.07) is 0. The number of hydrogen-bond donors (Lipinski definition) is 1. The van der Waals surface area contributed by atoms with E-state index in [0.717, 1.165) is 0 Å². The van der Waals surface area contributed by atoms with Crippen molar-refractivity contribution in [3.63, 3.8) is 0 Å². The lowest BCUT2D eigenvalue weighted by atomic mass is 10.0. The summed E-state index contributed by atoms with van der Waals surface area (Å²) >= 11 is 0. The highest BCUT2D eigenvalue weighted by atomic mass is 16.6. The van der Waals surface area contributed by atoms with Crippen LogP contribution in [0.5, 0.6) is 0 Å². The minimum Gasteiger partial charge on any atom is -0.479 e. The first-order valence-electron chi connectivity index (χ1n) is 10.4. The lowest BCUT2D eigenvalue weighted by Gasteiger charge is -2.38. The Morgan fingerprint density at radius 3 is 1.55 bits per heavy atom. The van der Waals surface area contributed by atoms with E-state index in [0.29, 0.717) is 13.2 Å². The fraction of sp³-hybridized carbons (Fsp3) is 0.857. The first-order valence-corrected chi connectivity index (χ1v) is 10.4. The van der Waals surface area contributed by atoms with Gasteiger partial charge in [-0.25, -0.2) is 14.4 Å². The van der Waals surface area contributed by atoms with Crippen LogP contribution < -0.4 is 0 Å². The van der Waals surface area contributed by atoms with Gasteiger partial charge in [-0.15, -0.1) is 0 Å². The van der Waals surface area contributed by atoms with Crippen LogP contribution in [0.1, 0.15) is 68.7 Å². The number of hydrogen-bond acceptors (Lipinski definition) is 7. The smallest absolute Gasteiger partial charge is 0.413 e. The van der Waals surface area contributed by atoms with Crippen LogP contribution in [-0.4, -0.2) is 81.0 Å². The Labute approximate surface area is 183 Å². The van der Waals surface area contributed by atoms with E-state index in [1.54, 1.807) is 34.6 Å². The molecular formula is C21H36N2O8. The number of rotatable bonds is 5. The Kier molecular flexibility index (Phi) is 6.60. The molecule has 0 spiro atoms. The van der Waals surface area contributed by atoms with Crippen molar-refractivity contribution in [2.24, 2.45) is 0 Å². The van der Waals surface area contributed by atoms with E-state index < -0.39 is 52.9 Å². The Bertz CT molecular complexity index is 699. The topological polar surface area (TPSA) is 115 Å². The van der Waals surface area contributed by atoms with E-state index in [-0.39, 0.29) is 6.42 Å². The molecular weight excluding hydrogens is 408 g/mol. The Morgan fingerprint density at radius 2 is 1.23 bits per heavy atom. The lowest BCUT2D eigenvalue weighted by Crippen LogP contribution is -2.54. The van der Waals surface area contributed by atoms with Crippen LogP contribution in [0.2, 0.25) is 0 Å². The van der Waals surface area contributed by atoms with Gasteiger partial charge in [0.2, 0.25) is 6.10 Å². The van der Waals surface area contributed by atoms with Crippen LogP contribution in [0, 0.1) is 0 Å². The van der Waals surface area contributed by atoms with E-state index >= 15 is 0 Å². The summed E-state index contributed by atoms with van der Waals surface area (Å²) in [5.74, 6) is -1.32. The summed E-state index contributed by atoms with van der Waals surface area (Å²) in [4.78, 5) is 40.2. The summed E-state index contributed by atoms with van der Waals surface area (Å²) in [6.45, 7) is 16.5. The molecule has 2 aliphatic rings. The van der Waals surface area contributed by atoms with E-state index in [1.807, 2.05) is 27.7 Å². The van der Waals surface area contributed by atoms with Crippen molar-refractivity contribution in [1.29, 1.82) is 0 Å². The molecule has 2 fully saturated rings. The van der Waals surface area contributed by atoms with Gasteiger partial charge in [0.15, 0.2) is 0 Å². The molecule has 31 heavy (non-hydrogen) atoms. The van der Waals surface area contributed by atoms with Gasteiger partial charge < -0.3 is 24.1 Å². The van der Waals surface area contributed by atoms with Gasteiger partial charge in [0, 0.05) is 6.42 Å². The van der Waals surface area contributed by atoms with Gasteiger partial charge in [-0.2, -0.15) is 0 Å². The number of aliphatic carboxylic acids is 1. The molecule has 0 aromatic rings. The van der Waals surface area contributed by atoms with Gasteiger partial charge in [-0.05, 0) is 62.3 Å². The zero-order valence-electron chi connectivity index (χ0n) is 20.0.